The molecule has 19 heavy (non-hydrogen) atoms. The molecule has 0 saturated heterocycles. The second-order valence-electron chi connectivity index (χ2n) is 5.33. The van der Waals surface area contributed by atoms with Gasteiger partial charge in [-0.1, -0.05) is 6.92 Å². The predicted octanol–water partition coefficient (Wildman–Crippen LogP) is 3.47. The van der Waals surface area contributed by atoms with Crippen molar-refractivity contribution in [3.8, 4) is 11.5 Å². The van der Waals surface area contributed by atoms with E-state index in [1.807, 2.05) is 0 Å². The highest BCUT2D eigenvalue weighted by Crippen LogP contribution is 2.38. The second kappa shape index (κ2) is 6.29. The van der Waals surface area contributed by atoms with E-state index in [9.17, 15) is 0 Å². The summed E-state index contributed by atoms with van der Waals surface area (Å²) in [6.45, 7) is 4.46. The smallest absolute Gasteiger partial charge is 0.161 e. The Kier molecular flexibility index (Phi) is 4.70. The van der Waals surface area contributed by atoms with E-state index in [1.165, 1.54) is 24.0 Å². The maximum Gasteiger partial charge on any atom is 0.161 e. The number of ether oxygens (including phenoxy) is 2. The van der Waals surface area contributed by atoms with Crippen LogP contribution in [0, 0.1) is 0 Å². The average molecular weight is 263 g/mol. The maximum atomic E-state index is 5.43. The summed E-state index contributed by atoms with van der Waals surface area (Å²) in [6, 6.07) is 5.27. The average Bonchev–Trinajstić information content (AvgIpc) is 2.45. The fourth-order valence-electron chi connectivity index (χ4n) is 2.76. The van der Waals surface area contributed by atoms with Gasteiger partial charge in [-0.05, 0) is 55.9 Å². The molecule has 1 N–H and O–H groups in total. The monoisotopic (exact) mass is 263 g/mol. The molecule has 1 aliphatic rings. The lowest BCUT2D eigenvalue weighted by atomic mass is 9.86. The van der Waals surface area contributed by atoms with Gasteiger partial charge in [-0.3, -0.25) is 0 Å². The lowest BCUT2D eigenvalue weighted by molar-refractivity contribution is 0.349. The zero-order chi connectivity index (χ0) is 13.8. The highest BCUT2D eigenvalue weighted by molar-refractivity contribution is 5.49. The van der Waals surface area contributed by atoms with Gasteiger partial charge in [0, 0.05) is 12.1 Å². The first kappa shape index (κ1) is 14.2. The van der Waals surface area contributed by atoms with E-state index in [-0.39, 0.29) is 0 Å². The number of fused-ring (bicyclic) bond motifs is 1. The van der Waals surface area contributed by atoms with Crippen LogP contribution in [0.1, 0.15) is 50.3 Å². The van der Waals surface area contributed by atoms with Crippen LogP contribution in [-0.4, -0.2) is 20.3 Å². The third kappa shape index (κ3) is 3.03. The highest BCUT2D eigenvalue weighted by atomic mass is 16.5. The summed E-state index contributed by atoms with van der Waals surface area (Å²) < 4.78 is 10.8. The van der Waals surface area contributed by atoms with Gasteiger partial charge in [-0.25, -0.2) is 0 Å². The number of methoxy groups -OCH3 is 2. The molecule has 0 radical (unpaired) electrons. The Bertz CT molecular complexity index is 431. The molecule has 2 unspecified atom stereocenters. The van der Waals surface area contributed by atoms with Gasteiger partial charge in [0.05, 0.1) is 14.2 Å². The van der Waals surface area contributed by atoms with E-state index < -0.39 is 0 Å². The van der Waals surface area contributed by atoms with Crippen LogP contribution in [-0.2, 0) is 6.42 Å². The molecule has 1 aromatic rings. The van der Waals surface area contributed by atoms with Crippen molar-refractivity contribution in [1.82, 2.24) is 5.32 Å². The number of benzene rings is 1. The zero-order valence-electron chi connectivity index (χ0n) is 12.5. The largest absolute Gasteiger partial charge is 0.493 e. The van der Waals surface area contributed by atoms with Crippen molar-refractivity contribution < 1.29 is 9.47 Å². The minimum atomic E-state index is 0.443. The number of hydrogen-bond donors (Lipinski definition) is 1. The zero-order valence-corrected chi connectivity index (χ0v) is 12.5. The molecule has 2 rings (SSSR count). The molecule has 0 fully saturated rings. The summed E-state index contributed by atoms with van der Waals surface area (Å²) in [6.07, 6.45) is 4.72. The summed E-state index contributed by atoms with van der Waals surface area (Å²) in [5, 5.41) is 3.72. The minimum Gasteiger partial charge on any atom is -0.493 e. The Morgan fingerprint density at radius 3 is 2.58 bits per heavy atom. The molecule has 3 nitrogen and oxygen atoms in total. The number of nitrogens with one attached hydrogen (secondary N) is 1. The topological polar surface area (TPSA) is 30.5 Å². The van der Waals surface area contributed by atoms with Gasteiger partial charge in [0.25, 0.3) is 0 Å². The number of hydrogen-bond acceptors (Lipinski definition) is 3. The third-order valence-electron chi connectivity index (χ3n) is 4.06. The fraction of sp³-hybridized carbons (Fsp3) is 0.625. The van der Waals surface area contributed by atoms with Gasteiger partial charge in [-0.15, -0.1) is 0 Å². The summed E-state index contributed by atoms with van der Waals surface area (Å²) >= 11 is 0. The molecule has 0 aliphatic heterocycles. The Hall–Kier alpha value is -1.22. The first-order valence-corrected chi connectivity index (χ1v) is 7.20. The second-order valence-corrected chi connectivity index (χ2v) is 5.33. The van der Waals surface area contributed by atoms with E-state index in [0.29, 0.717) is 12.1 Å². The SMILES string of the molecule is CCC(C)NC1CCCc2cc(OC)c(OC)cc21. The van der Waals surface area contributed by atoms with Gasteiger partial charge in [0.15, 0.2) is 11.5 Å². The van der Waals surface area contributed by atoms with E-state index in [2.05, 4.69) is 31.3 Å². The summed E-state index contributed by atoms with van der Waals surface area (Å²) in [5.41, 5.74) is 2.77. The molecular weight excluding hydrogens is 238 g/mol. The van der Waals surface area contributed by atoms with Crippen molar-refractivity contribution in [2.24, 2.45) is 0 Å². The van der Waals surface area contributed by atoms with Crippen molar-refractivity contribution >= 4 is 0 Å². The summed E-state index contributed by atoms with van der Waals surface area (Å²) in [4.78, 5) is 0. The molecule has 0 spiro atoms. The molecule has 3 heteroatoms. The van der Waals surface area contributed by atoms with Crippen LogP contribution in [0.2, 0.25) is 0 Å². The summed E-state index contributed by atoms with van der Waals surface area (Å²) in [7, 11) is 3.39. The number of aryl methyl sites for hydroxylation is 1. The van der Waals surface area contributed by atoms with Crippen LogP contribution in [0.3, 0.4) is 0 Å². The fourth-order valence-corrected chi connectivity index (χ4v) is 2.76. The quantitative estimate of drug-likeness (QED) is 0.882. The molecule has 2 atom stereocenters. The van der Waals surface area contributed by atoms with Crippen molar-refractivity contribution in [2.75, 3.05) is 14.2 Å². The van der Waals surface area contributed by atoms with Crippen LogP contribution >= 0.6 is 0 Å². The van der Waals surface area contributed by atoms with Crippen LogP contribution in [0.5, 0.6) is 11.5 Å². The minimum absolute atomic E-state index is 0.443. The van der Waals surface area contributed by atoms with Gasteiger partial charge in [0.2, 0.25) is 0 Å². The third-order valence-corrected chi connectivity index (χ3v) is 4.06. The van der Waals surface area contributed by atoms with Crippen molar-refractivity contribution in [3.05, 3.63) is 23.3 Å². The predicted molar refractivity (Wildman–Crippen MR) is 78.1 cm³/mol. The van der Waals surface area contributed by atoms with Crippen LogP contribution in [0.15, 0.2) is 12.1 Å². The normalized spacial score (nSPS) is 19.7. The molecule has 0 aromatic heterocycles. The van der Waals surface area contributed by atoms with Crippen LogP contribution in [0.4, 0.5) is 0 Å². The molecule has 0 heterocycles. The Morgan fingerprint density at radius 2 is 1.95 bits per heavy atom. The van der Waals surface area contributed by atoms with Gasteiger partial charge < -0.3 is 14.8 Å². The maximum absolute atomic E-state index is 5.43. The van der Waals surface area contributed by atoms with E-state index >= 15 is 0 Å². The van der Waals surface area contributed by atoms with Gasteiger partial charge in [-0.2, -0.15) is 0 Å². The molecule has 0 saturated carbocycles. The number of rotatable bonds is 5. The van der Waals surface area contributed by atoms with Crippen molar-refractivity contribution in [2.45, 2.75) is 51.6 Å². The van der Waals surface area contributed by atoms with E-state index in [4.69, 9.17) is 9.47 Å². The highest BCUT2D eigenvalue weighted by Gasteiger charge is 2.23. The Morgan fingerprint density at radius 1 is 1.26 bits per heavy atom. The van der Waals surface area contributed by atoms with Gasteiger partial charge in [0.1, 0.15) is 0 Å². The molecular formula is C16H25NO2. The van der Waals surface area contributed by atoms with Crippen LogP contribution in [0.25, 0.3) is 0 Å². The first-order chi connectivity index (χ1) is 9.19. The molecule has 0 amide bonds. The molecule has 1 aromatic carbocycles. The molecule has 1 aliphatic carbocycles. The molecule has 0 bridgehead atoms. The Labute approximate surface area is 116 Å². The van der Waals surface area contributed by atoms with Crippen molar-refractivity contribution in [1.29, 1.82) is 0 Å². The van der Waals surface area contributed by atoms with Gasteiger partial charge >= 0.3 is 0 Å². The summed E-state index contributed by atoms with van der Waals surface area (Å²) in [5.74, 6) is 1.67. The first-order valence-electron chi connectivity index (χ1n) is 7.20. The van der Waals surface area contributed by atoms with E-state index in [1.54, 1.807) is 14.2 Å². The van der Waals surface area contributed by atoms with Crippen LogP contribution < -0.4 is 14.8 Å². The standard InChI is InChI=1S/C16H25NO2/c1-5-11(2)17-14-8-6-7-12-9-15(18-3)16(19-4)10-13(12)14/h9-11,14,17H,5-8H2,1-4H3. The van der Waals surface area contributed by atoms with E-state index in [0.717, 1.165) is 24.3 Å². The lowest BCUT2D eigenvalue weighted by Gasteiger charge is -2.30. The van der Waals surface area contributed by atoms with Crippen molar-refractivity contribution in [3.63, 3.8) is 0 Å². The Balaban J connectivity index is 2.32. The molecule has 106 valence electrons. The lowest BCUT2D eigenvalue weighted by Crippen LogP contribution is -2.32.